The Morgan fingerprint density at radius 1 is 0.710 bits per heavy atom. The number of amides is 2. The van der Waals surface area contributed by atoms with Gasteiger partial charge in [-0.15, -0.1) is 0 Å². The first-order valence-electron chi connectivity index (χ1n) is 11.6. The third kappa shape index (κ3) is 5.46. The summed E-state index contributed by atoms with van der Waals surface area (Å²) in [6, 6.07) is 18.0. The first-order valence-corrected chi connectivity index (χ1v) is 11.6. The fraction of sp³-hybridized carbons (Fsp3) is 0.462. The van der Waals surface area contributed by atoms with Crippen molar-refractivity contribution in [2.75, 3.05) is 13.1 Å². The van der Waals surface area contributed by atoms with Crippen LogP contribution in [-0.2, 0) is 16.2 Å². The number of carbonyl (C=O) groups excluding carboxylic acids is 2. The predicted octanol–water partition coefficient (Wildman–Crippen LogP) is 5.07. The highest BCUT2D eigenvalue weighted by Gasteiger charge is 2.34. The van der Waals surface area contributed by atoms with E-state index in [-0.39, 0.29) is 18.0 Å². The zero-order valence-electron chi connectivity index (χ0n) is 18.2. The fourth-order valence-corrected chi connectivity index (χ4v) is 4.53. The highest BCUT2D eigenvalue weighted by molar-refractivity contribution is 5.80. The molecule has 5 nitrogen and oxygen atoms in total. The second-order valence-corrected chi connectivity index (χ2v) is 8.51. The van der Waals surface area contributed by atoms with Crippen LogP contribution in [0.5, 0.6) is 5.75 Å². The molecule has 2 heterocycles. The third-order valence-corrected chi connectivity index (χ3v) is 6.24. The Morgan fingerprint density at radius 2 is 1.29 bits per heavy atom. The molecule has 0 saturated carbocycles. The maximum atomic E-state index is 13.0. The van der Waals surface area contributed by atoms with Crippen molar-refractivity contribution in [1.29, 1.82) is 0 Å². The first-order chi connectivity index (χ1) is 15.2. The summed E-state index contributed by atoms with van der Waals surface area (Å²) in [6.07, 6.45) is 6.78. The molecule has 2 amide bonds. The minimum Gasteiger partial charge on any atom is -0.489 e. The molecule has 2 saturated heterocycles. The van der Waals surface area contributed by atoms with Gasteiger partial charge >= 0.3 is 0 Å². The summed E-state index contributed by atoms with van der Waals surface area (Å²) in [4.78, 5) is 29.8. The van der Waals surface area contributed by atoms with E-state index in [1.807, 2.05) is 64.4 Å². The van der Waals surface area contributed by atoms with Crippen molar-refractivity contribution < 1.29 is 14.3 Å². The Balaban J connectivity index is 1.56. The van der Waals surface area contributed by atoms with E-state index in [1.54, 1.807) is 0 Å². The van der Waals surface area contributed by atoms with Crippen LogP contribution in [0.2, 0.25) is 0 Å². The zero-order valence-corrected chi connectivity index (χ0v) is 18.2. The molecule has 0 aliphatic carbocycles. The normalized spacial score (nSPS) is 18.1. The molecule has 2 aromatic rings. The summed E-state index contributed by atoms with van der Waals surface area (Å²) in [6.45, 7) is 1.93. The van der Waals surface area contributed by atoms with Gasteiger partial charge in [0.2, 0.25) is 11.8 Å². The molecular weight excluding hydrogens is 388 g/mol. The molecule has 0 aromatic heterocycles. The Morgan fingerprint density at radius 3 is 1.87 bits per heavy atom. The van der Waals surface area contributed by atoms with E-state index in [2.05, 4.69) is 0 Å². The molecule has 0 bridgehead atoms. The van der Waals surface area contributed by atoms with Gasteiger partial charge in [-0.3, -0.25) is 9.59 Å². The van der Waals surface area contributed by atoms with E-state index < -0.39 is 0 Å². The number of carbonyl (C=O) groups is 2. The monoisotopic (exact) mass is 420 g/mol. The van der Waals surface area contributed by atoms with Crippen molar-refractivity contribution in [3.05, 3.63) is 65.7 Å². The molecule has 31 heavy (non-hydrogen) atoms. The van der Waals surface area contributed by atoms with Crippen molar-refractivity contribution in [2.45, 2.75) is 64.1 Å². The summed E-state index contributed by atoms with van der Waals surface area (Å²) < 4.78 is 5.94. The molecule has 4 rings (SSSR count). The average Bonchev–Trinajstić information content (AvgIpc) is 3.15. The number of hydrogen-bond acceptors (Lipinski definition) is 3. The van der Waals surface area contributed by atoms with Crippen LogP contribution in [0.1, 0.15) is 68.7 Å². The smallest absolute Gasteiger partial charge is 0.224 e. The first kappa shape index (κ1) is 21.4. The van der Waals surface area contributed by atoms with Gasteiger partial charge in [0.05, 0.1) is 0 Å². The van der Waals surface area contributed by atoms with E-state index in [0.717, 1.165) is 55.4 Å². The number of hydrogen-bond donors (Lipinski definition) is 0. The Hall–Kier alpha value is -2.82. The number of nitrogens with zero attached hydrogens (tertiary/aromatic N) is 2. The Bertz CT molecular complexity index is 836. The van der Waals surface area contributed by atoms with Gasteiger partial charge in [0.25, 0.3) is 0 Å². The van der Waals surface area contributed by atoms with Crippen molar-refractivity contribution in [2.24, 2.45) is 0 Å². The lowest BCUT2D eigenvalue weighted by Gasteiger charge is -2.39. The summed E-state index contributed by atoms with van der Waals surface area (Å²) in [5.74, 6) is 1.10. The van der Waals surface area contributed by atoms with Crippen LogP contribution in [0, 0.1) is 0 Å². The molecule has 0 atom stereocenters. The topological polar surface area (TPSA) is 49.9 Å². The number of rotatable bonds is 6. The molecule has 2 fully saturated rings. The second kappa shape index (κ2) is 10.5. The summed E-state index contributed by atoms with van der Waals surface area (Å²) in [7, 11) is 0. The fourth-order valence-electron chi connectivity index (χ4n) is 4.53. The zero-order chi connectivity index (χ0) is 21.5. The quantitative estimate of drug-likeness (QED) is 0.656. The number of likely N-dealkylation sites (tertiary alicyclic amines) is 2. The van der Waals surface area contributed by atoms with Gasteiger partial charge in [-0.25, -0.2) is 0 Å². The Kier molecular flexibility index (Phi) is 7.23. The van der Waals surface area contributed by atoms with Crippen LogP contribution < -0.4 is 4.74 Å². The minimum absolute atomic E-state index is 0.156. The van der Waals surface area contributed by atoms with Gasteiger partial charge in [0.1, 0.15) is 18.5 Å². The largest absolute Gasteiger partial charge is 0.489 e. The van der Waals surface area contributed by atoms with Crippen molar-refractivity contribution in [1.82, 2.24) is 9.80 Å². The molecule has 0 N–H and O–H groups in total. The lowest BCUT2D eigenvalue weighted by Crippen LogP contribution is -2.47. The van der Waals surface area contributed by atoms with Gasteiger partial charge in [0.15, 0.2) is 0 Å². The van der Waals surface area contributed by atoms with E-state index in [0.29, 0.717) is 32.5 Å². The third-order valence-electron chi connectivity index (χ3n) is 6.24. The predicted molar refractivity (Wildman–Crippen MR) is 120 cm³/mol. The van der Waals surface area contributed by atoms with E-state index in [9.17, 15) is 9.59 Å². The maximum absolute atomic E-state index is 13.0. The lowest BCUT2D eigenvalue weighted by molar-refractivity contribution is -0.146. The molecule has 0 radical (unpaired) electrons. The summed E-state index contributed by atoms with van der Waals surface area (Å²) in [5.41, 5.74) is 2.10. The molecule has 0 spiro atoms. The standard InChI is InChI=1S/C26H32N2O3/c29-24-12-6-2-8-18-27(24)26(28-19-9-3-7-13-25(28)30)22-14-16-23(17-15-22)31-20-21-10-4-1-5-11-21/h1,4-5,10-11,14-17,26H,2-3,6-9,12-13,18-20H2. The molecule has 2 aliphatic rings. The van der Waals surface area contributed by atoms with Crippen LogP contribution in [0.4, 0.5) is 0 Å². The summed E-state index contributed by atoms with van der Waals surface area (Å²) >= 11 is 0. The van der Waals surface area contributed by atoms with Gasteiger partial charge < -0.3 is 14.5 Å². The van der Waals surface area contributed by atoms with Crippen LogP contribution in [-0.4, -0.2) is 34.7 Å². The molecule has 0 unspecified atom stereocenters. The van der Waals surface area contributed by atoms with Gasteiger partial charge in [-0.05, 0) is 48.9 Å². The van der Waals surface area contributed by atoms with Crippen LogP contribution in [0.25, 0.3) is 0 Å². The highest BCUT2D eigenvalue weighted by Crippen LogP contribution is 2.32. The van der Waals surface area contributed by atoms with Crippen LogP contribution in [0.15, 0.2) is 54.6 Å². The number of ether oxygens (including phenoxy) is 1. The summed E-state index contributed by atoms with van der Waals surface area (Å²) in [5, 5.41) is 0. The maximum Gasteiger partial charge on any atom is 0.224 e. The van der Waals surface area contributed by atoms with E-state index in [1.165, 1.54) is 0 Å². The molecular formula is C26H32N2O3. The molecule has 5 heteroatoms. The molecule has 2 aliphatic heterocycles. The van der Waals surface area contributed by atoms with Crippen molar-refractivity contribution in [3.63, 3.8) is 0 Å². The highest BCUT2D eigenvalue weighted by atomic mass is 16.5. The van der Waals surface area contributed by atoms with Crippen molar-refractivity contribution >= 4 is 11.8 Å². The van der Waals surface area contributed by atoms with Gasteiger partial charge in [-0.1, -0.05) is 55.3 Å². The number of benzene rings is 2. The van der Waals surface area contributed by atoms with E-state index >= 15 is 0 Å². The van der Waals surface area contributed by atoms with Crippen molar-refractivity contribution in [3.8, 4) is 5.75 Å². The molecule has 164 valence electrons. The van der Waals surface area contributed by atoms with Gasteiger partial charge in [0, 0.05) is 25.9 Å². The molecule has 2 aromatic carbocycles. The van der Waals surface area contributed by atoms with Crippen LogP contribution >= 0.6 is 0 Å². The Labute approximate surface area is 185 Å². The second-order valence-electron chi connectivity index (χ2n) is 8.51. The van der Waals surface area contributed by atoms with Crippen LogP contribution in [0.3, 0.4) is 0 Å². The minimum atomic E-state index is -0.320. The van der Waals surface area contributed by atoms with Gasteiger partial charge in [-0.2, -0.15) is 0 Å². The van der Waals surface area contributed by atoms with E-state index in [4.69, 9.17) is 4.74 Å². The SMILES string of the molecule is O=C1CCCCCN1C(c1ccc(OCc2ccccc2)cc1)N1CCCCCC1=O. The lowest BCUT2D eigenvalue weighted by atomic mass is 10.1. The average molecular weight is 421 g/mol.